The summed E-state index contributed by atoms with van der Waals surface area (Å²) in [5, 5.41) is 0.553. The SMILES string of the molecule is O=S(=O)(c1ccc(Cl)cc1Cl)N1CCc2ccccc21. The molecule has 0 aromatic heterocycles. The number of sulfonamides is 1. The van der Waals surface area contributed by atoms with Crippen LogP contribution < -0.4 is 4.31 Å². The molecule has 0 fully saturated rings. The summed E-state index contributed by atoms with van der Waals surface area (Å²) in [5.74, 6) is 0. The molecule has 0 aliphatic carbocycles. The highest BCUT2D eigenvalue weighted by molar-refractivity contribution is 7.93. The van der Waals surface area contributed by atoms with Crippen LogP contribution in [0.2, 0.25) is 10.0 Å². The average molecular weight is 328 g/mol. The van der Waals surface area contributed by atoms with Crippen LogP contribution in [0.5, 0.6) is 0 Å². The molecule has 0 amide bonds. The maximum Gasteiger partial charge on any atom is 0.265 e. The van der Waals surface area contributed by atoms with Crippen molar-refractivity contribution in [3.8, 4) is 0 Å². The van der Waals surface area contributed by atoms with Crippen molar-refractivity contribution >= 4 is 38.9 Å². The van der Waals surface area contributed by atoms with E-state index in [1.165, 1.54) is 22.5 Å². The molecule has 104 valence electrons. The Labute approximate surface area is 127 Å². The number of benzene rings is 2. The second kappa shape index (κ2) is 4.95. The van der Waals surface area contributed by atoms with Gasteiger partial charge in [0.1, 0.15) is 4.90 Å². The van der Waals surface area contributed by atoms with Crippen LogP contribution in [-0.4, -0.2) is 15.0 Å². The molecule has 0 atom stereocenters. The van der Waals surface area contributed by atoms with Crippen molar-refractivity contribution in [3.63, 3.8) is 0 Å². The Hall–Kier alpha value is -1.23. The van der Waals surface area contributed by atoms with E-state index in [4.69, 9.17) is 23.2 Å². The molecular formula is C14H11Cl2NO2S. The van der Waals surface area contributed by atoms with Crippen LogP contribution in [0, 0.1) is 0 Å². The molecule has 0 radical (unpaired) electrons. The number of hydrogen-bond acceptors (Lipinski definition) is 2. The molecule has 0 bridgehead atoms. The van der Waals surface area contributed by atoms with E-state index in [0.717, 1.165) is 11.3 Å². The molecular weight excluding hydrogens is 317 g/mol. The average Bonchev–Trinajstić information content (AvgIpc) is 2.82. The lowest BCUT2D eigenvalue weighted by atomic mass is 10.2. The topological polar surface area (TPSA) is 37.4 Å². The second-order valence-corrected chi connectivity index (χ2v) is 7.20. The quantitative estimate of drug-likeness (QED) is 0.842. The van der Waals surface area contributed by atoms with Gasteiger partial charge in [0.05, 0.1) is 10.7 Å². The Morgan fingerprint density at radius 1 is 1.05 bits per heavy atom. The first-order valence-corrected chi connectivity index (χ1v) is 8.25. The molecule has 3 nitrogen and oxygen atoms in total. The van der Waals surface area contributed by atoms with E-state index < -0.39 is 10.0 Å². The lowest BCUT2D eigenvalue weighted by Crippen LogP contribution is -2.29. The molecule has 0 spiro atoms. The Bertz CT molecular complexity index is 774. The maximum absolute atomic E-state index is 12.7. The summed E-state index contributed by atoms with van der Waals surface area (Å²) in [5.41, 5.74) is 1.75. The lowest BCUT2D eigenvalue weighted by Gasteiger charge is -2.20. The summed E-state index contributed by atoms with van der Waals surface area (Å²) in [6, 6.07) is 11.9. The first-order chi connectivity index (χ1) is 9.50. The Kier molecular flexibility index (Phi) is 3.40. The summed E-state index contributed by atoms with van der Waals surface area (Å²) >= 11 is 11.8. The normalized spacial score (nSPS) is 14.4. The predicted octanol–water partition coefficient (Wildman–Crippen LogP) is 3.74. The van der Waals surface area contributed by atoms with E-state index in [2.05, 4.69) is 0 Å². The molecule has 3 rings (SSSR count). The van der Waals surface area contributed by atoms with Crippen molar-refractivity contribution in [1.82, 2.24) is 0 Å². The van der Waals surface area contributed by atoms with E-state index in [9.17, 15) is 8.42 Å². The Morgan fingerprint density at radius 3 is 2.55 bits per heavy atom. The lowest BCUT2D eigenvalue weighted by molar-refractivity contribution is 0.592. The van der Waals surface area contributed by atoms with Crippen LogP contribution in [-0.2, 0) is 16.4 Å². The molecule has 20 heavy (non-hydrogen) atoms. The van der Waals surface area contributed by atoms with Crippen molar-refractivity contribution in [2.75, 3.05) is 10.8 Å². The minimum atomic E-state index is -3.66. The third-order valence-electron chi connectivity index (χ3n) is 3.31. The summed E-state index contributed by atoms with van der Waals surface area (Å²) in [6.07, 6.45) is 0.709. The fourth-order valence-corrected chi connectivity index (χ4v) is 4.61. The molecule has 0 N–H and O–H groups in total. The molecule has 0 saturated heterocycles. The number of nitrogens with zero attached hydrogens (tertiary/aromatic N) is 1. The maximum atomic E-state index is 12.7. The minimum Gasteiger partial charge on any atom is -0.266 e. The highest BCUT2D eigenvalue weighted by Crippen LogP contribution is 2.35. The molecule has 2 aromatic carbocycles. The van der Waals surface area contributed by atoms with E-state index >= 15 is 0 Å². The van der Waals surface area contributed by atoms with Gasteiger partial charge in [0.2, 0.25) is 0 Å². The fraction of sp³-hybridized carbons (Fsp3) is 0.143. The number of anilines is 1. The van der Waals surface area contributed by atoms with E-state index in [-0.39, 0.29) is 9.92 Å². The molecule has 1 heterocycles. The Balaban J connectivity index is 2.10. The molecule has 0 unspecified atom stereocenters. The van der Waals surface area contributed by atoms with Gasteiger partial charge in [-0.3, -0.25) is 4.31 Å². The van der Waals surface area contributed by atoms with Crippen LogP contribution in [0.15, 0.2) is 47.4 Å². The summed E-state index contributed by atoms with van der Waals surface area (Å²) in [4.78, 5) is 0.0836. The van der Waals surface area contributed by atoms with Crippen LogP contribution in [0.1, 0.15) is 5.56 Å². The highest BCUT2D eigenvalue weighted by atomic mass is 35.5. The first-order valence-electron chi connectivity index (χ1n) is 6.06. The van der Waals surface area contributed by atoms with Gasteiger partial charge >= 0.3 is 0 Å². The summed E-state index contributed by atoms with van der Waals surface area (Å²) < 4.78 is 26.9. The van der Waals surface area contributed by atoms with Gasteiger partial charge in [0, 0.05) is 11.6 Å². The third-order valence-corrected chi connectivity index (χ3v) is 5.84. The number of fused-ring (bicyclic) bond motifs is 1. The largest absolute Gasteiger partial charge is 0.266 e. The second-order valence-electron chi connectivity index (χ2n) is 4.53. The molecule has 1 aliphatic rings. The van der Waals surface area contributed by atoms with E-state index in [0.29, 0.717) is 18.0 Å². The van der Waals surface area contributed by atoms with Gasteiger partial charge < -0.3 is 0 Å². The Morgan fingerprint density at radius 2 is 1.80 bits per heavy atom. The molecule has 1 aliphatic heterocycles. The first kappa shape index (κ1) is 13.7. The number of hydrogen-bond donors (Lipinski definition) is 0. The van der Waals surface area contributed by atoms with Crippen LogP contribution in [0.25, 0.3) is 0 Å². The van der Waals surface area contributed by atoms with Crippen LogP contribution in [0.3, 0.4) is 0 Å². The monoisotopic (exact) mass is 327 g/mol. The van der Waals surface area contributed by atoms with Crippen molar-refractivity contribution in [1.29, 1.82) is 0 Å². The van der Waals surface area contributed by atoms with Gasteiger partial charge in [-0.15, -0.1) is 0 Å². The van der Waals surface area contributed by atoms with Crippen LogP contribution >= 0.6 is 23.2 Å². The molecule has 2 aromatic rings. The van der Waals surface area contributed by atoms with Crippen molar-refractivity contribution in [3.05, 3.63) is 58.1 Å². The van der Waals surface area contributed by atoms with Gasteiger partial charge in [-0.25, -0.2) is 8.42 Å². The smallest absolute Gasteiger partial charge is 0.265 e. The van der Waals surface area contributed by atoms with Gasteiger partial charge in [-0.05, 0) is 36.2 Å². The zero-order chi connectivity index (χ0) is 14.3. The zero-order valence-electron chi connectivity index (χ0n) is 10.4. The molecule has 0 saturated carbocycles. The van der Waals surface area contributed by atoms with Gasteiger partial charge in [-0.1, -0.05) is 41.4 Å². The van der Waals surface area contributed by atoms with Crippen molar-refractivity contribution in [2.24, 2.45) is 0 Å². The third kappa shape index (κ3) is 2.18. The summed E-state index contributed by atoms with van der Waals surface area (Å²) in [6.45, 7) is 0.431. The highest BCUT2D eigenvalue weighted by Gasteiger charge is 2.31. The standard InChI is InChI=1S/C14H11Cl2NO2S/c15-11-5-6-14(12(16)9-11)20(18,19)17-8-7-10-3-1-2-4-13(10)17/h1-6,9H,7-8H2. The van der Waals surface area contributed by atoms with Crippen LogP contribution in [0.4, 0.5) is 5.69 Å². The number of para-hydroxylation sites is 1. The summed E-state index contributed by atoms with van der Waals surface area (Å²) in [7, 11) is -3.66. The minimum absolute atomic E-state index is 0.0836. The van der Waals surface area contributed by atoms with Crippen molar-refractivity contribution < 1.29 is 8.42 Å². The van der Waals surface area contributed by atoms with Gasteiger partial charge in [0.15, 0.2) is 0 Å². The fourth-order valence-electron chi connectivity index (χ4n) is 2.36. The number of halogens is 2. The van der Waals surface area contributed by atoms with Crippen molar-refractivity contribution in [2.45, 2.75) is 11.3 Å². The number of rotatable bonds is 2. The van der Waals surface area contributed by atoms with E-state index in [1.54, 1.807) is 0 Å². The van der Waals surface area contributed by atoms with E-state index in [1.807, 2.05) is 24.3 Å². The van der Waals surface area contributed by atoms with Gasteiger partial charge in [-0.2, -0.15) is 0 Å². The predicted molar refractivity (Wildman–Crippen MR) is 81.1 cm³/mol. The molecule has 6 heteroatoms. The van der Waals surface area contributed by atoms with Gasteiger partial charge in [0.25, 0.3) is 10.0 Å². The zero-order valence-corrected chi connectivity index (χ0v) is 12.7.